The van der Waals surface area contributed by atoms with Crippen molar-refractivity contribution >= 4 is 13.3 Å². The third-order valence-electron chi connectivity index (χ3n) is 2.04. The Morgan fingerprint density at radius 1 is 1.38 bits per heavy atom. The summed E-state index contributed by atoms with van der Waals surface area (Å²) in [5.41, 5.74) is 6.22. The molecule has 5 nitrogen and oxygen atoms in total. The van der Waals surface area contributed by atoms with E-state index in [1.54, 1.807) is 19.9 Å². The van der Waals surface area contributed by atoms with Gasteiger partial charge in [0.25, 0.3) is 0 Å². The van der Waals surface area contributed by atoms with E-state index in [1.165, 1.54) is 6.26 Å². The van der Waals surface area contributed by atoms with Gasteiger partial charge in [0.05, 0.1) is 31.3 Å². The van der Waals surface area contributed by atoms with Crippen LogP contribution in [0.15, 0.2) is 16.7 Å². The molecular weight excluding hydrogens is 229 g/mol. The van der Waals surface area contributed by atoms with E-state index in [0.29, 0.717) is 31.1 Å². The molecule has 0 unspecified atom stereocenters. The fourth-order valence-electron chi connectivity index (χ4n) is 1.35. The second-order valence-electron chi connectivity index (χ2n) is 3.22. The topological polar surface area (TPSA) is 74.7 Å². The minimum Gasteiger partial charge on any atom is -0.467 e. The van der Waals surface area contributed by atoms with Gasteiger partial charge in [-0.05, 0) is 19.9 Å². The van der Waals surface area contributed by atoms with Crippen molar-refractivity contribution < 1.29 is 18.0 Å². The first-order chi connectivity index (χ1) is 7.61. The Kier molecular flexibility index (Phi) is 5.06. The van der Waals surface area contributed by atoms with Crippen LogP contribution in [0.5, 0.6) is 0 Å². The lowest BCUT2D eigenvalue weighted by Gasteiger charge is -2.16. The average Bonchev–Trinajstić information content (AvgIpc) is 2.62. The third kappa shape index (κ3) is 3.67. The Bertz CT molecular complexity index is 353. The summed E-state index contributed by atoms with van der Waals surface area (Å²) in [7, 11) is -3.00. The molecule has 16 heavy (non-hydrogen) atoms. The van der Waals surface area contributed by atoms with Crippen molar-refractivity contribution in [2.24, 2.45) is 0 Å². The van der Waals surface area contributed by atoms with Gasteiger partial charge in [0, 0.05) is 6.42 Å². The molecule has 0 atom stereocenters. The fourth-order valence-corrected chi connectivity index (χ4v) is 2.95. The summed E-state index contributed by atoms with van der Waals surface area (Å²) in [6.07, 6.45) is 2.25. The molecule has 0 aromatic carbocycles. The van der Waals surface area contributed by atoms with E-state index in [0.717, 1.165) is 0 Å². The summed E-state index contributed by atoms with van der Waals surface area (Å²) in [4.78, 5) is 0. The molecule has 1 heterocycles. The van der Waals surface area contributed by atoms with Gasteiger partial charge in [-0.25, -0.2) is 0 Å². The van der Waals surface area contributed by atoms with Gasteiger partial charge in [-0.2, -0.15) is 0 Å². The van der Waals surface area contributed by atoms with E-state index < -0.39 is 7.60 Å². The molecule has 1 aromatic heterocycles. The predicted octanol–water partition coefficient (Wildman–Crippen LogP) is 2.67. The molecule has 0 saturated heterocycles. The first-order valence-electron chi connectivity index (χ1n) is 5.31. The highest BCUT2D eigenvalue weighted by Crippen LogP contribution is 2.48. The van der Waals surface area contributed by atoms with Gasteiger partial charge in [-0.3, -0.25) is 4.57 Å². The van der Waals surface area contributed by atoms with Crippen molar-refractivity contribution in [3.8, 4) is 0 Å². The Hall–Kier alpha value is -0.770. The SMILES string of the molecule is CCOP(=O)(CCc1occc1N)OCC. The Morgan fingerprint density at radius 2 is 2.00 bits per heavy atom. The Balaban J connectivity index is 2.56. The van der Waals surface area contributed by atoms with Crippen molar-refractivity contribution in [2.45, 2.75) is 20.3 Å². The van der Waals surface area contributed by atoms with Gasteiger partial charge >= 0.3 is 7.60 Å². The maximum absolute atomic E-state index is 12.1. The monoisotopic (exact) mass is 247 g/mol. The zero-order valence-electron chi connectivity index (χ0n) is 9.64. The van der Waals surface area contributed by atoms with Gasteiger partial charge in [0.15, 0.2) is 0 Å². The Labute approximate surface area is 95.4 Å². The first-order valence-corrected chi connectivity index (χ1v) is 7.04. The van der Waals surface area contributed by atoms with E-state index >= 15 is 0 Å². The van der Waals surface area contributed by atoms with Crippen LogP contribution in [0, 0.1) is 0 Å². The van der Waals surface area contributed by atoms with E-state index in [-0.39, 0.29) is 6.16 Å². The smallest absolute Gasteiger partial charge is 0.331 e. The highest BCUT2D eigenvalue weighted by Gasteiger charge is 2.24. The molecule has 0 spiro atoms. The van der Waals surface area contributed by atoms with E-state index in [9.17, 15) is 4.57 Å². The number of aryl methyl sites for hydroxylation is 1. The van der Waals surface area contributed by atoms with Crippen LogP contribution in [0.2, 0.25) is 0 Å². The molecule has 0 radical (unpaired) electrons. The molecule has 0 fully saturated rings. The van der Waals surface area contributed by atoms with Gasteiger partial charge in [-0.1, -0.05) is 0 Å². The number of hydrogen-bond donors (Lipinski definition) is 1. The molecule has 6 heteroatoms. The van der Waals surface area contributed by atoms with Gasteiger partial charge in [0.2, 0.25) is 0 Å². The zero-order valence-corrected chi connectivity index (χ0v) is 10.5. The van der Waals surface area contributed by atoms with Gasteiger partial charge in [-0.15, -0.1) is 0 Å². The van der Waals surface area contributed by atoms with Crippen molar-refractivity contribution in [1.82, 2.24) is 0 Å². The Morgan fingerprint density at radius 3 is 2.44 bits per heavy atom. The van der Waals surface area contributed by atoms with E-state index in [1.807, 2.05) is 0 Å². The molecular formula is C10H18NO4P. The van der Waals surface area contributed by atoms with Crippen LogP contribution in [-0.2, 0) is 20.0 Å². The van der Waals surface area contributed by atoms with Crippen LogP contribution in [0.3, 0.4) is 0 Å². The van der Waals surface area contributed by atoms with Crippen LogP contribution in [0.4, 0.5) is 5.69 Å². The van der Waals surface area contributed by atoms with Gasteiger partial charge in [0.1, 0.15) is 5.76 Å². The van der Waals surface area contributed by atoms with Crippen LogP contribution in [-0.4, -0.2) is 19.4 Å². The standard InChI is InChI=1S/C10H18NO4P/c1-3-14-16(12,15-4-2)8-6-10-9(11)5-7-13-10/h5,7H,3-4,6,8,11H2,1-2H3. The molecule has 0 bridgehead atoms. The molecule has 1 rings (SSSR count). The molecule has 0 saturated carbocycles. The highest BCUT2D eigenvalue weighted by atomic mass is 31.2. The maximum atomic E-state index is 12.1. The summed E-state index contributed by atoms with van der Waals surface area (Å²) < 4.78 is 27.6. The summed E-state index contributed by atoms with van der Waals surface area (Å²) in [5.74, 6) is 0.625. The lowest BCUT2D eigenvalue weighted by atomic mass is 10.3. The summed E-state index contributed by atoms with van der Waals surface area (Å²) in [6.45, 7) is 4.30. The second kappa shape index (κ2) is 6.09. The number of rotatable bonds is 7. The van der Waals surface area contributed by atoms with Crippen LogP contribution in [0.25, 0.3) is 0 Å². The predicted molar refractivity (Wildman–Crippen MR) is 62.5 cm³/mol. The molecule has 0 aliphatic rings. The second-order valence-corrected chi connectivity index (χ2v) is 5.40. The van der Waals surface area contributed by atoms with Crippen LogP contribution < -0.4 is 5.73 Å². The van der Waals surface area contributed by atoms with E-state index in [2.05, 4.69) is 0 Å². The van der Waals surface area contributed by atoms with Crippen molar-refractivity contribution in [1.29, 1.82) is 0 Å². The van der Waals surface area contributed by atoms with Crippen molar-refractivity contribution in [3.05, 3.63) is 18.1 Å². The lowest BCUT2D eigenvalue weighted by molar-refractivity contribution is 0.220. The fraction of sp³-hybridized carbons (Fsp3) is 0.600. The minimum atomic E-state index is -3.00. The van der Waals surface area contributed by atoms with Crippen LogP contribution in [0.1, 0.15) is 19.6 Å². The minimum absolute atomic E-state index is 0.284. The zero-order chi connectivity index (χ0) is 12.0. The number of nitrogens with two attached hydrogens (primary N) is 1. The molecule has 0 aliphatic heterocycles. The largest absolute Gasteiger partial charge is 0.467 e. The maximum Gasteiger partial charge on any atom is 0.331 e. The number of furan rings is 1. The summed E-state index contributed by atoms with van der Waals surface area (Å²) >= 11 is 0. The lowest BCUT2D eigenvalue weighted by Crippen LogP contribution is -2.03. The first kappa shape index (κ1) is 13.3. The highest BCUT2D eigenvalue weighted by molar-refractivity contribution is 7.53. The molecule has 0 aliphatic carbocycles. The van der Waals surface area contributed by atoms with Crippen LogP contribution >= 0.6 is 7.60 Å². The van der Waals surface area contributed by atoms with E-state index in [4.69, 9.17) is 19.2 Å². The van der Waals surface area contributed by atoms with Crippen molar-refractivity contribution in [3.63, 3.8) is 0 Å². The molecule has 2 N–H and O–H groups in total. The number of hydrogen-bond acceptors (Lipinski definition) is 5. The van der Waals surface area contributed by atoms with Gasteiger partial charge < -0.3 is 19.2 Å². The normalized spacial score (nSPS) is 11.9. The molecule has 0 amide bonds. The average molecular weight is 247 g/mol. The third-order valence-corrected chi connectivity index (χ3v) is 4.12. The quantitative estimate of drug-likeness (QED) is 0.750. The number of nitrogen functional groups attached to an aromatic ring is 1. The number of anilines is 1. The summed E-state index contributed by atoms with van der Waals surface area (Å²) in [5, 5.41) is 0. The molecule has 92 valence electrons. The molecule has 1 aromatic rings. The van der Waals surface area contributed by atoms with Crippen molar-refractivity contribution in [2.75, 3.05) is 25.1 Å². The summed E-state index contributed by atoms with van der Waals surface area (Å²) in [6, 6.07) is 1.67.